The Balaban J connectivity index is 2.31. The summed E-state index contributed by atoms with van der Waals surface area (Å²) in [5.74, 6) is -0.761. The Morgan fingerprint density at radius 1 is 1.45 bits per heavy atom. The highest BCUT2D eigenvalue weighted by atomic mass is 79.9. The summed E-state index contributed by atoms with van der Waals surface area (Å²) in [5, 5.41) is 2.84. The fourth-order valence-corrected chi connectivity index (χ4v) is 2.77. The van der Waals surface area contributed by atoms with Gasteiger partial charge in [-0.15, -0.1) is 0 Å². The number of nitrogens with zero attached hydrogens (tertiary/aromatic N) is 1. The molecular formula is C14H13BrClFN2O. The molecule has 0 atom stereocenters. The van der Waals surface area contributed by atoms with E-state index in [9.17, 15) is 9.18 Å². The van der Waals surface area contributed by atoms with Crippen molar-refractivity contribution in [3.05, 3.63) is 51.5 Å². The molecule has 0 unspecified atom stereocenters. The van der Waals surface area contributed by atoms with Crippen LogP contribution in [0, 0.1) is 5.82 Å². The summed E-state index contributed by atoms with van der Waals surface area (Å²) in [4.78, 5) is 12.3. The molecule has 1 aromatic carbocycles. The van der Waals surface area contributed by atoms with Crippen molar-refractivity contribution in [3.63, 3.8) is 0 Å². The summed E-state index contributed by atoms with van der Waals surface area (Å²) in [7, 11) is 0. The number of amides is 1. The minimum absolute atomic E-state index is 0.146. The summed E-state index contributed by atoms with van der Waals surface area (Å²) in [6.07, 6.45) is 1.83. The van der Waals surface area contributed by atoms with E-state index in [1.807, 2.05) is 24.6 Å². The molecule has 1 amide bonds. The molecule has 1 heterocycles. The molecule has 0 saturated carbocycles. The monoisotopic (exact) mass is 358 g/mol. The average molecular weight is 360 g/mol. The van der Waals surface area contributed by atoms with Crippen molar-refractivity contribution in [1.82, 2.24) is 4.57 Å². The Morgan fingerprint density at radius 3 is 2.75 bits per heavy atom. The first-order chi connectivity index (χ1) is 9.40. The van der Waals surface area contributed by atoms with Gasteiger partial charge in [-0.3, -0.25) is 4.79 Å². The molecule has 0 bridgehead atoms. The average Bonchev–Trinajstić information content (AvgIpc) is 2.82. The number of hydrogen-bond donors (Lipinski definition) is 1. The van der Waals surface area contributed by atoms with E-state index < -0.39 is 5.82 Å². The van der Waals surface area contributed by atoms with E-state index in [0.29, 0.717) is 15.9 Å². The van der Waals surface area contributed by atoms with Gasteiger partial charge in [0.2, 0.25) is 0 Å². The highest BCUT2D eigenvalue weighted by Crippen LogP contribution is 2.32. The minimum atomic E-state index is -0.467. The summed E-state index contributed by atoms with van der Waals surface area (Å²) in [6.45, 7) is 3.97. The highest BCUT2D eigenvalue weighted by Gasteiger charge is 2.16. The van der Waals surface area contributed by atoms with E-state index in [-0.39, 0.29) is 17.0 Å². The second kappa shape index (κ2) is 5.97. The predicted molar refractivity (Wildman–Crippen MR) is 81.9 cm³/mol. The van der Waals surface area contributed by atoms with Crippen molar-refractivity contribution >= 4 is 39.1 Å². The molecule has 0 aliphatic heterocycles. The maximum atomic E-state index is 13.2. The van der Waals surface area contributed by atoms with E-state index >= 15 is 0 Å². The van der Waals surface area contributed by atoms with Crippen molar-refractivity contribution < 1.29 is 9.18 Å². The van der Waals surface area contributed by atoms with Crippen LogP contribution in [-0.2, 0) is 0 Å². The van der Waals surface area contributed by atoms with Crippen LogP contribution in [0.3, 0.4) is 0 Å². The lowest BCUT2D eigenvalue weighted by Crippen LogP contribution is -2.18. The number of carbonyl (C=O) groups excluding carboxylic acids is 1. The maximum absolute atomic E-state index is 13.2. The fourth-order valence-electron chi connectivity index (χ4n) is 1.88. The molecule has 0 fully saturated rings. The first-order valence-electron chi connectivity index (χ1n) is 6.03. The number of aromatic nitrogens is 1. The Kier molecular flexibility index (Phi) is 4.50. The normalized spacial score (nSPS) is 10.9. The minimum Gasteiger partial charge on any atom is -0.341 e. The molecule has 3 nitrogen and oxygen atoms in total. The lowest BCUT2D eigenvalue weighted by Gasteiger charge is -2.14. The molecule has 106 valence electrons. The summed E-state index contributed by atoms with van der Waals surface area (Å²) < 4.78 is 15.4. The van der Waals surface area contributed by atoms with E-state index in [2.05, 4.69) is 21.2 Å². The van der Waals surface area contributed by atoms with E-state index in [4.69, 9.17) is 11.6 Å². The van der Waals surface area contributed by atoms with Crippen LogP contribution in [0.4, 0.5) is 10.1 Å². The van der Waals surface area contributed by atoms with Crippen molar-refractivity contribution in [2.45, 2.75) is 19.9 Å². The maximum Gasteiger partial charge on any atom is 0.272 e. The summed E-state index contributed by atoms with van der Waals surface area (Å²) >= 11 is 9.14. The van der Waals surface area contributed by atoms with Gasteiger partial charge >= 0.3 is 0 Å². The number of carbonyl (C=O) groups is 1. The molecule has 0 aliphatic rings. The van der Waals surface area contributed by atoms with Crippen LogP contribution in [0.5, 0.6) is 0 Å². The van der Waals surface area contributed by atoms with E-state index in [1.165, 1.54) is 6.07 Å². The molecule has 6 heteroatoms. The standard InChI is InChI=1S/C14H13BrClFN2O/c1-8(2)19-5-3-4-12(19)14(20)18-13-10(15)6-9(17)7-11(13)16/h3-8H,1-2H3,(H,18,20). The lowest BCUT2D eigenvalue weighted by molar-refractivity contribution is 0.101. The summed E-state index contributed by atoms with van der Waals surface area (Å²) in [6, 6.07) is 6.10. The first kappa shape index (κ1) is 15.1. The number of anilines is 1. The van der Waals surface area contributed by atoms with Gasteiger partial charge in [-0.05, 0) is 54.0 Å². The Labute approximate surface area is 129 Å². The topological polar surface area (TPSA) is 34.0 Å². The van der Waals surface area contributed by atoms with Crippen LogP contribution >= 0.6 is 27.5 Å². The van der Waals surface area contributed by atoms with Gasteiger partial charge in [0.1, 0.15) is 11.5 Å². The largest absolute Gasteiger partial charge is 0.341 e. The zero-order valence-electron chi connectivity index (χ0n) is 11.0. The van der Waals surface area contributed by atoms with Crippen molar-refractivity contribution in [2.24, 2.45) is 0 Å². The van der Waals surface area contributed by atoms with Gasteiger partial charge in [0, 0.05) is 16.7 Å². The van der Waals surface area contributed by atoms with Gasteiger partial charge in [0.15, 0.2) is 0 Å². The van der Waals surface area contributed by atoms with Crippen LogP contribution in [0.2, 0.25) is 5.02 Å². The SMILES string of the molecule is CC(C)n1cccc1C(=O)Nc1c(Cl)cc(F)cc1Br. The predicted octanol–water partition coefficient (Wildman–Crippen LogP) is 4.88. The number of nitrogens with one attached hydrogen (secondary N) is 1. The van der Waals surface area contributed by atoms with Gasteiger partial charge in [-0.2, -0.15) is 0 Å². The Hall–Kier alpha value is -1.33. The molecule has 0 saturated heterocycles. The van der Waals surface area contributed by atoms with Crippen LogP contribution in [0.25, 0.3) is 0 Å². The third kappa shape index (κ3) is 3.04. The van der Waals surface area contributed by atoms with Crippen LogP contribution in [0.1, 0.15) is 30.4 Å². The molecule has 1 aromatic heterocycles. The molecule has 1 N–H and O–H groups in total. The Bertz CT molecular complexity index is 631. The van der Waals surface area contributed by atoms with Gasteiger partial charge in [0.25, 0.3) is 5.91 Å². The van der Waals surface area contributed by atoms with Gasteiger partial charge in [0.05, 0.1) is 10.7 Å². The van der Waals surface area contributed by atoms with Gasteiger partial charge in [-0.25, -0.2) is 4.39 Å². The van der Waals surface area contributed by atoms with Crippen LogP contribution < -0.4 is 5.32 Å². The highest BCUT2D eigenvalue weighted by molar-refractivity contribution is 9.10. The molecule has 2 aromatic rings. The molecular weight excluding hydrogens is 347 g/mol. The second-order valence-corrected chi connectivity index (χ2v) is 5.85. The molecule has 0 spiro atoms. The molecule has 20 heavy (non-hydrogen) atoms. The lowest BCUT2D eigenvalue weighted by atomic mass is 10.3. The van der Waals surface area contributed by atoms with Crippen molar-refractivity contribution in [3.8, 4) is 0 Å². The molecule has 2 rings (SSSR count). The van der Waals surface area contributed by atoms with Gasteiger partial charge in [-0.1, -0.05) is 11.6 Å². The number of rotatable bonds is 3. The quantitative estimate of drug-likeness (QED) is 0.833. The number of halogens is 3. The van der Waals surface area contributed by atoms with E-state index in [1.54, 1.807) is 12.1 Å². The van der Waals surface area contributed by atoms with E-state index in [0.717, 1.165) is 6.07 Å². The second-order valence-electron chi connectivity index (χ2n) is 4.59. The van der Waals surface area contributed by atoms with Crippen LogP contribution in [0.15, 0.2) is 34.9 Å². The third-order valence-electron chi connectivity index (χ3n) is 2.81. The van der Waals surface area contributed by atoms with Crippen molar-refractivity contribution in [1.29, 1.82) is 0 Å². The molecule has 0 radical (unpaired) electrons. The molecule has 0 aliphatic carbocycles. The third-order valence-corrected chi connectivity index (χ3v) is 3.74. The number of benzene rings is 1. The fraction of sp³-hybridized carbons (Fsp3) is 0.214. The van der Waals surface area contributed by atoms with Gasteiger partial charge < -0.3 is 9.88 Å². The Morgan fingerprint density at radius 2 is 2.15 bits per heavy atom. The first-order valence-corrected chi connectivity index (χ1v) is 7.20. The van der Waals surface area contributed by atoms with Crippen LogP contribution in [-0.4, -0.2) is 10.5 Å². The summed E-state index contributed by atoms with van der Waals surface area (Å²) in [5.41, 5.74) is 0.877. The smallest absolute Gasteiger partial charge is 0.272 e. The zero-order valence-corrected chi connectivity index (χ0v) is 13.3. The zero-order chi connectivity index (χ0) is 14.9. The van der Waals surface area contributed by atoms with Crippen molar-refractivity contribution in [2.75, 3.05) is 5.32 Å². The number of hydrogen-bond acceptors (Lipinski definition) is 1.